The Morgan fingerprint density at radius 2 is 2.00 bits per heavy atom. The fourth-order valence-corrected chi connectivity index (χ4v) is 2.28. The van der Waals surface area contributed by atoms with Gasteiger partial charge in [0.1, 0.15) is 12.4 Å². The molecule has 1 aromatic heterocycles. The van der Waals surface area contributed by atoms with Gasteiger partial charge in [0.05, 0.1) is 22.0 Å². The van der Waals surface area contributed by atoms with Gasteiger partial charge >= 0.3 is 0 Å². The molecule has 102 valence electrons. The molecular weight excluding hydrogens is 308 g/mol. The standard InChI is InChI=1S/C14H17BrN2O2/c1-9-14(15)13(17(3)16-9)8-19-12-6-4-11(5-7-12)10(2)18/h4-7,10,18H,8H2,1-3H3/t10-/m0/s1. The van der Waals surface area contributed by atoms with Crippen molar-refractivity contribution in [2.45, 2.75) is 26.6 Å². The van der Waals surface area contributed by atoms with Gasteiger partial charge in [-0.15, -0.1) is 0 Å². The molecule has 0 spiro atoms. The van der Waals surface area contributed by atoms with Crippen LogP contribution in [0.4, 0.5) is 0 Å². The Morgan fingerprint density at radius 1 is 1.37 bits per heavy atom. The predicted octanol–water partition coefficient (Wildman–Crippen LogP) is 3.12. The van der Waals surface area contributed by atoms with Gasteiger partial charge in [-0.05, 0) is 47.5 Å². The van der Waals surface area contributed by atoms with Crippen molar-refractivity contribution < 1.29 is 9.84 Å². The first-order chi connectivity index (χ1) is 8.99. The Bertz CT molecular complexity index is 562. The zero-order valence-corrected chi connectivity index (χ0v) is 12.8. The minimum Gasteiger partial charge on any atom is -0.487 e. The third-order valence-electron chi connectivity index (χ3n) is 3.00. The average Bonchev–Trinajstić information content (AvgIpc) is 2.62. The van der Waals surface area contributed by atoms with Crippen LogP contribution < -0.4 is 4.74 Å². The summed E-state index contributed by atoms with van der Waals surface area (Å²) in [6.07, 6.45) is -0.456. The van der Waals surface area contributed by atoms with Gasteiger partial charge in [0, 0.05) is 7.05 Å². The molecule has 0 aliphatic heterocycles. The van der Waals surface area contributed by atoms with Gasteiger partial charge < -0.3 is 9.84 Å². The molecule has 0 saturated heterocycles. The minimum atomic E-state index is -0.456. The lowest BCUT2D eigenvalue weighted by Crippen LogP contribution is -2.03. The van der Waals surface area contributed by atoms with Gasteiger partial charge in [-0.2, -0.15) is 5.10 Å². The highest BCUT2D eigenvalue weighted by atomic mass is 79.9. The lowest BCUT2D eigenvalue weighted by molar-refractivity contribution is 0.199. The third kappa shape index (κ3) is 3.16. The van der Waals surface area contributed by atoms with E-state index in [2.05, 4.69) is 21.0 Å². The Kier molecular flexibility index (Phi) is 4.27. The zero-order chi connectivity index (χ0) is 14.0. The number of benzene rings is 1. The van der Waals surface area contributed by atoms with Crippen molar-refractivity contribution in [3.63, 3.8) is 0 Å². The molecule has 0 unspecified atom stereocenters. The largest absolute Gasteiger partial charge is 0.487 e. The quantitative estimate of drug-likeness (QED) is 0.939. The lowest BCUT2D eigenvalue weighted by atomic mass is 10.1. The summed E-state index contributed by atoms with van der Waals surface area (Å²) in [6, 6.07) is 7.45. The van der Waals surface area contributed by atoms with E-state index >= 15 is 0 Å². The predicted molar refractivity (Wildman–Crippen MR) is 77.1 cm³/mol. The molecule has 0 radical (unpaired) electrons. The van der Waals surface area contributed by atoms with Crippen LogP contribution in [0.1, 0.15) is 30.0 Å². The van der Waals surface area contributed by atoms with Crippen molar-refractivity contribution >= 4 is 15.9 Å². The second kappa shape index (κ2) is 5.75. The summed E-state index contributed by atoms with van der Waals surface area (Å²) in [4.78, 5) is 0. The van der Waals surface area contributed by atoms with Crippen molar-refractivity contribution in [1.82, 2.24) is 9.78 Å². The summed E-state index contributed by atoms with van der Waals surface area (Å²) in [5.41, 5.74) is 2.83. The van der Waals surface area contributed by atoms with Gasteiger partial charge in [-0.25, -0.2) is 0 Å². The van der Waals surface area contributed by atoms with Crippen LogP contribution in [0.3, 0.4) is 0 Å². The molecule has 2 aromatic rings. The summed E-state index contributed by atoms with van der Waals surface area (Å²) in [5.74, 6) is 0.773. The van der Waals surface area contributed by atoms with E-state index in [4.69, 9.17) is 4.74 Å². The molecule has 19 heavy (non-hydrogen) atoms. The summed E-state index contributed by atoms with van der Waals surface area (Å²) >= 11 is 3.51. The van der Waals surface area contributed by atoms with Crippen LogP contribution in [0.25, 0.3) is 0 Å². The summed E-state index contributed by atoms with van der Waals surface area (Å²) in [6.45, 7) is 4.14. The number of aliphatic hydroxyl groups excluding tert-OH is 1. The first kappa shape index (κ1) is 14.1. The molecule has 2 rings (SSSR count). The SMILES string of the molecule is Cc1nn(C)c(COc2ccc([C@H](C)O)cc2)c1Br. The van der Waals surface area contributed by atoms with Crippen LogP contribution in [0.15, 0.2) is 28.7 Å². The van der Waals surface area contributed by atoms with Crippen LogP contribution in [0.2, 0.25) is 0 Å². The molecule has 4 nitrogen and oxygen atoms in total. The van der Waals surface area contributed by atoms with Gasteiger partial charge in [-0.3, -0.25) is 4.68 Å². The molecule has 0 aliphatic rings. The molecule has 1 atom stereocenters. The van der Waals surface area contributed by atoms with Crippen LogP contribution in [-0.2, 0) is 13.7 Å². The van der Waals surface area contributed by atoms with E-state index in [-0.39, 0.29) is 0 Å². The third-order valence-corrected chi connectivity index (χ3v) is 4.03. The first-order valence-electron chi connectivity index (χ1n) is 6.08. The maximum Gasteiger partial charge on any atom is 0.131 e. The van der Waals surface area contributed by atoms with Crippen LogP contribution in [0, 0.1) is 6.92 Å². The number of hydrogen-bond acceptors (Lipinski definition) is 3. The Hall–Kier alpha value is -1.33. The fourth-order valence-electron chi connectivity index (χ4n) is 1.83. The van der Waals surface area contributed by atoms with E-state index < -0.39 is 6.10 Å². The number of aryl methyl sites for hydroxylation is 2. The van der Waals surface area contributed by atoms with Crippen LogP contribution in [0.5, 0.6) is 5.75 Å². The van der Waals surface area contributed by atoms with E-state index in [9.17, 15) is 5.11 Å². The van der Waals surface area contributed by atoms with Crippen LogP contribution in [-0.4, -0.2) is 14.9 Å². The Labute approximate surface area is 121 Å². The molecule has 1 aromatic carbocycles. The minimum absolute atomic E-state index is 0.450. The fraction of sp³-hybridized carbons (Fsp3) is 0.357. The molecular formula is C14H17BrN2O2. The smallest absolute Gasteiger partial charge is 0.131 e. The van der Waals surface area contributed by atoms with Gasteiger partial charge in [0.2, 0.25) is 0 Å². The lowest BCUT2D eigenvalue weighted by Gasteiger charge is -2.09. The highest BCUT2D eigenvalue weighted by molar-refractivity contribution is 9.10. The summed E-state index contributed by atoms with van der Waals surface area (Å²) in [7, 11) is 1.90. The van der Waals surface area contributed by atoms with E-state index in [1.807, 2.05) is 42.9 Å². The monoisotopic (exact) mass is 324 g/mol. The maximum atomic E-state index is 9.44. The topological polar surface area (TPSA) is 47.3 Å². The number of halogens is 1. The molecule has 0 aliphatic carbocycles. The van der Waals surface area contributed by atoms with Crippen molar-refractivity contribution in [2.75, 3.05) is 0 Å². The number of aromatic nitrogens is 2. The number of aliphatic hydroxyl groups is 1. The van der Waals surface area contributed by atoms with Gasteiger partial charge in [0.15, 0.2) is 0 Å². The number of nitrogens with zero attached hydrogens (tertiary/aromatic N) is 2. The number of hydrogen-bond donors (Lipinski definition) is 1. The van der Waals surface area contributed by atoms with Gasteiger partial charge in [0.25, 0.3) is 0 Å². The molecule has 1 N–H and O–H groups in total. The highest BCUT2D eigenvalue weighted by Gasteiger charge is 2.11. The molecule has 0 bridgehead atoms. The first-order valence-corrected chi connectivity index (χ1v) is 6.87. The highest BCUT2D eigenvalue weighted by Crippen LogP contribution is 2.23. The van der Waals surface area contributed by atoms with E-state index in [1.165, 1.54) is 0 Å². The van der Waals surface area contributed by atoms with E-state index in [0.717, 1.165) is 27.2 Å². The van der Waals surface area contributed by atoms with Crippen molar-refractivity contribution in [1.29, 1.82) is 0 Å². The van der Waals surface area contributed by atoms with Gasteiger partial charge in [-0.1, -0.05) is 12.1 Å². The molecule has 5 heteroatoms. The maximum absolute atomic E-state index is 9.44. The normalized spacial score (nSPS) is 12.5. The summed E-state index contributed by atoms with van der Waals surface area (Å²) < 4.78 is 8.52. The van der Waals surface area contributed by atoms with E-state index in [1.54, 1.807) is 6.92 Å². The Balaban J connectivity index is 2.06. The van der Waals surface area contributed by atoms with E-state index in [0.29, 0.717) is 6.61 Å². The molecule has 0 saturated carbocycles. The van der Waals surface area contributed by atoms with Crippen molar-refractivity contribution in [2.24, 2.45) is 7.05 Å². The average molecular weight is 325 g/mol. The summed E-state index contributed by atoms with van der Waals surface area (Å²) in [5, 5.41) is 13.8. The molecule has 1 heterocycles. The van der Waals surface area contributed by atoms with Crippen molar-refractivity contribution in [3.05, 3.63) is 45.7 Å². The van der Waals surface area contributed by atoms with Crippen molar-refractivity contribution in [3.8, 4) is 5.75 Å². The number of ether oxygens (including phenoxy) is 1. The van der Waals surface area contributed by atoms with Crippen LogP contribution >= 0.6 is 15.9 Å². The second-order valence-corrected chi connectivity index (χ2v) is 5.30. The molecule has 0 amide bonds. The number of rotatable bonds is 4. The Morgan fingerprint density at radius 3 is 2.47 bits per heavy atom. The second-order valence-electron chi connectivity index (χ2n) is 4.50. The molecule has 0 fully saturated rings. The zero-order valence-electron chi connectivity index (χ0n) is 11.2.